The van der Waals surface area contributed by atoms with E-state index in [1.165, 1.54) is 0 Å². The van der Waals surface area contributed by atoms with Crippen LogP contribution in [0.25, 0.3) is 0 Å². The van der Waals surface area contributed by atoms with Crippen molar-refractivity contribution in [2.45, 2.75) is 6.17 Å². The van der Waals surface area contributed by atoms with E-state index in [2.05, 4.69) is 32.1 Å². The van der Waals surface area contributed by atoms with Crippen LogP contribution in [0.5, 0.6) is 0 Å². The number of fused-ring (bicyclic) bond motifs is 1. The first-order valence-electron chi connectivity index (χ1n) is 12.2. The van der Waals surface area contributed by atoms with Gasteiger partial charge in [0.25, 0.3) is 11.9 Å². The number of benzodiazepines with no additional fused rings is 1. The number of ether oxygens (including phenoxy) is 1. The van der Waals surface area contributed by atoms with Crippen molar-refractivity contribution in [3.8, 4) is 0 Å². The van der Waals surface area contributed by atoms with Gasteiger partial charge in [0.1, 0.15) is 0 Å². The van der Waals surface area contributed by atoms with Gasteiger partial charge in [-0.25, -0.2) is 4.99 Å². The Morgan fingerprint density at radius 3 is 2.46 bits per heavy atom. The number of likely N-dealkylation sites (N-methyl/N-ethyl adjacent to an activating group) is 1. The number of hydrogen-bond donors (Lipinski definition) is 3. The molecule has 2 aliphatic heterocycles. The van der Waals surface area contributed by atoms with Crippen molar-refractivity contribution in [3.63, 3.8) is 0 Å². The SMILES string of the molecule is CN1CCN(c2ccccc2C(=N)O/C(N)=N/C2N=C(c3ccccc3)c3ccccc3NC2=O)CC1. The number of piperazine rings is 1. The van der Waals surface area contributed by atoms with E-state index < -0.39 is 12.1 Å². The summed E-state index contributed by atoms with van der Waals surface area (Å²) >= 11 is 0. The third-order valence-corrected chi connectivity index (χ3v) is 6.42. The maximum Gasteiger partial charge on any atom is 0.291 e. The molecule has 188 valence electrons. The lowest BCUT2D eigenvalue weighted by atomic mass is 10.0. The lowest BCUT2D eigenvalue weighted by Crippen LogP contribution is -2.45. The van der Waals surface area contributed by atoms with Crippen LogP contribution in [0.2, 0.25) is 0 Å². The highest BCUT2D eigenvalue weighted by molar-refractivity contribution is 6.19. The zero-order chi connectivity index (χ0) is 25.8. The number of nitrogens with two attached hydrogens (primary N) is 1. The molecule has 5 rings (SSSR count). The summed E-state index contributed by atoms with van der Waals surface area (Å²) in [6.45, 7) is 3.58. The molecule has 4 N–H and O–H groups in total. The first-order chi connectivity index (χ1) is 18.0. The van der Waals surface area contributed by atoms with Crippen molar-refractivity contribution in [2.24, 2.45) is 15.7 Å². The summed E-state index contributed by atoms with van der Waals surface area (Å²) in [5.74, 6) is -0.574. The zero-order valence-corrected chi connectivity index (χ0v) is 20.6. The van der Waals surface area contributed by atoms with Gasteiger partial charge in [0.2, 0.25) is 12.1 Å². The van der Waals surface area contributed by atoms with Gasteiger partial charge in [-0.2, -0.15) is 4.99 Å². The van der Waals surface area contributed by atoms with E-state index >= 15 is 0 Å². The van der Waals surface area contributed by atoms with Gasteiger partial charge < -0.3 is 25.6 Å². The van der Waals surface area contributed by atoms with Gasteiger partial charge >= 0.3 is 0 Å². The van der Waals surface area contributed by atoms with Crippen LogP contribution in [-0.4, -0.2) is 67.8 Å². The standard InChI is InChI=1S/C28H29N7O2/c1-34-15-17-35(18-16-34)23-14-8-6-12-21(23)25(29)37-28(30)33-26-27(36)31-22-13-7-5-11-20(22)24(32-26)19-9-3-2-4-10-19/h2-14,26,29H,15-18H2,1H3,(H2,30,33)(H,31,36). The fourth-order valence-corrected chi connectivity index (χ4v) is 4.46. The molecule has 9 nitrogen and oxygen atoms in total. The van der Waals surface area contributed by atoms with Gasteiger partial charge in [-0.15, -0.1) is 0 Å². The number of carbonyl (C=O) groups excluding carboxylic acids is 1. The first-order valence-corrected chi connectivity index (χ1v) is 12.2. The highest BCUT2D eigenvalue weighted by atomic mass is 16.5. The Morgan fingerprint density at radius 2 is 1.68 bits per heavy atom. The van der Waals surface area contributed by atoms with Crippen LogP contribution in [-0.2, 0) is 9.53 Å². The fraction of sp³-hybridized carbons (Fsp3) is 0.214. The first kappa shape index (κ1) is 24.2. The summed E-state index contributed by atoms with van der Waals surface area (Å²) in [4.78, 5) is 26.5. The van der Waals surface area contributed by atoms with Gasteiger partial charge in [0.15, 0.2) is 0 Å². The van der Waals surface area contributed by atoms with Gasteiger partial charge in [-0.1, -0.05) is 60.7 Å². The Kier molecular flexibility index (Phi) is 6.96. The quantitative estimate of drug-likeness (QED) is 0.380. The normalized spacial score (nSPS) is 18.4. The Morgan fingerprint density at radius 1 is 1.00 bits per heavy atom. The van der Waals surface area contributed by atoms with Crippen LogP contribution in [0, 0.1) is 5.41 Å². The monoisotopic (exact) mass is 495 g/mol. The summed E-state index contributed by atoms with van der Waals surface area (Å²) in [6, 6.07) is 24.3. The molecule has 0 aliphatic carbocycles. The number of hydrogen-bond acceptors (Lipinski definition) is 7. The molecule has 1 saturated heterocycles. The largest absolute Gasteiger partial charge is 0.407 e. The van der Waals surface area contributed by atoms with Crippen molar-refractivity contribution in [1.29, 1.82) is 5.41 Å². The van der Waals surface area contributed by atoms with Crippen LogP contribution in [0.15, 0.2) is 88.8 Å². The van der Waals surface area contributed by atoms with Crippen LogP contribution >= 0.6 is 0 Å². The smallest absolute Gasteiger partial charge is 0.291 e. The molecule has 0 radical (unpaired) electrons. The number of nitrogens with one attached hydrogen (secondary N) is 2. The average molecular weight is 496 g/mol. The summed E-state index contributed by atoms with van der Waals surface area (Å²) in [5.41, 5.74) is 10.5. The van der Waals surface area contributed by atoms with Crippen molar-refractivity contribution >= 4 is 34.9 Å². The lowest BCUT2D eigenvalue weighted by Gasteiger charge is -2.35. The molecule has 0 bridgehead atoms. The molecular weight excluding hydrogens is 466 g/mol. The van der Waals surface area contributed by atoms with Crippen molar-refractivity contribution < 1.29 is 9.53 Å². The predicted molar refractivity (Wildman–Crippen MR) is 147 cm³/mol. The number of carbonyl (C=O) groups is 1. The highest BCUT2D eigenvalue weighted by Gasteiger charge is 2.26. The highest BCUT2D eigenvalue weighted by Crippen LogP contribution is 2.25. The van der Waals surface area contributed by atoms with Crippen molar-refractivity contribution in [1.82, 2.24) is 4.90 Å². The molecule has 9 heteroatoms. The molecule has 2 aliphatic rings. The molecule has 0 saturated carbocycles. The average Bonchev–Trinajstić information content (AvgIpc) is 3.05. The molecule has 1 atom stereocenters. The maximum absolute atomic E-state index is 13.0. The van der Waals surface area contributed by atoms with E-state index in [0.29, 0.717) is 17.0 Å². The number of amidine groups is 1. The summed E-state index contributed by atoms with van der Waals surface area (Å²) < 4.78 is 5.62. The molecule has 0 spiro atoms. The molecule has 0 aromatic heterocycles. The van der Waals surface area contributed by atoms with Gasteiger partial charge in [0.05, 0.1) is 17.0 Å². The second-order valence-corrected chi connectivity index (χ2v) is 8.96. The number of aliphatic imine (C=N–C) groups is 2. The Labute approximate surface area is 215 Å². The lowest BCUT2D eigenvalue weighted by molar-refractivity contribution is -0.117. The summed E-state index contributed by atoms with van der Waals surface area (Å²) in [7, 11) is 2.10. The number of para-hydroxylation sites is 2. The number of benzene rings is 3. The number of anilines is 2. The third-order valence-electron chi connectivity index (χ3n) is 6.42. The summed E-state index contributed by atoms with van der Waals surface area (Å²) in [6.07, 6.45) is -1.18. The number of rotatable bonds is 4. The van der Waals surface area contributed by atoms with Crippen LogP contribution in [0.4, 0.5) is 11.4 Å². The van der Waals surface area contributed by atoms with E-state index in [4.69, 9.17) is 15.9 Å². The molecule has 1 unspecified atom stereocenters. The molecule has 3 aromatic rings. The molecule has 2 heterocycles. The van der Waals surface area contributed by atoms with Crippen LogP contribution in [0.1, 0.15) is 16.7 Å². The predicted octanol–water partition coefficient (Wildman–Crippen LogP) is 2.91. The Balaban J connectivity index is 1.41. The number of nitrogens with zero attached hydrogens (tertiary/aromatic N) is 4. The van der Waals surface area contributed by atoms with E-state index in [0.717, 1.165) is 43.0 Å². The van der Waals surface area contributed by atoms with Crippen molar-refractivity contribution in [2.75, 3.05) is 43.4 Å². The minimum atomic E-state index is -1.18. The van der Waals surface area contributed by atoms with Crippen molar-refractivity contribution in [3.05, 3.63) is 95.6 Å². The minimum Gasteiger partial charge on any atom is -0.407 e. The van der Waals surface area contributed by atoms with E-state index in [9.17, 15) is 4.79 Å². The Hall–Kier alpha value is -4.50. The molecule has 3 aromatic carbocycles. The van der Waals surface area contributed by atoms with E-state index in [-0.39, 0.29) is 11.9 Å². The minimum absolute atomic E-state index is 0.139. The van der Waals surface area contributed by atoms with Crippen LogP contribution < -0.4 is 16.0 Å². The molecular formula is C28H29N7O2. The summed E-state index contributed by atoms with van der Waals surface area (Å²) in [5, 5.41) is 11.5. The second-order valence-electron chi connectivity index (χ2n) is 8.96. The molecule has 1 fully saturated rings. The zero-order valence-electron chi connectivity index (χ0n) is 20.6. The Bertz CT molecular complexity index is 1360. The molecule has 37 heavy (non-hydrogen) atoms. The fourth-order valence-electron chi connectivity index (χ4n) is 4.46. The van der Waals surface area contributed by atoms with Gasteiger partial charge in [-0.05, 0) is 25.2 Å². The van der Waals surface area contributed by atoms with Crippen LogP contribution in [0.3, 0.4) is 0 Å². The third kappa shape index (κ3) is 5.36. The molecule has 1 amide bonds. The maximum atomic E-state index is 13.0. The topological polar surface area (TPSA) is 119 Å². The second kappa shape index (κ2) is 10.6. The van der Waals surface area contributed by atoms with Gasteiger partial charge in [-0.3, -0.25) is 10.2 Å². The van der Waals surface area contributed by atoms with E-state index in [1.54, 1.807) is 0 Å². The van der Waals surface area contributed by atoms with E-state index in [1.807, 2.05) is 78.9 Å². The van der Waals surface area contributed by atoms with Gasteiger partial charge in [0, 0.05) is 43.0 Å². The number of amides is 1.